The van der Waals surface area contributed by atoms with Crippen LogP contribution in [0, 0.1) is 0 Å². The summed E-state index contributed by atoms with van der Waals surface area (Å²) < 4.78 is 10.2. The molecule has 0 spiro atoms. The molecule has 1 heterocycles. The molecule has 0 unspecified atom stereocenters. The summed E-state index contributed by atoms with van der Waals surface area (Å²) in [5.41, 5.74) is 1.68. The van der Waals surface area contributed by atoms with Crippen molar-refractivity contribution in [3.63, 3.8) is 0 Å². The first-order chi connectivity index (χ1) is 9.25. The Hall–Kier alpha value is -2.33. The third-order valence-electron chi connectivity index (χ3n) is 3.06. The Morgan fingerprint density at radius 3 is 2.84 bits per heavy atom. The van der Waals surface area contributed by atoms with E-state index in [4.69, 9.17) is 9.15 Å². The fraction of sp³-hybridized carbons (Fsp3) is 0.133. The van der Waals surface area contributed by atoms with Crippen LogP contribution in [0.5, 0.6) is 0 Å². The maximum absolute atomic E-state index is 11.8. The smallest absolute Gasteiger partial charge is 0.374 e. The number of furan rings is 1. The first-order valence-electron chi connectivity index (χ1n) is 5.95. The molecule has 4 nitrogen and oxygen atoms in total. The van der Waals surface area contributed by atoms with Gasteiger partial charge in [-0.05, 0) is 29.3 Å². The molecule has 19 heavy (non-hydrogen) atoms. The van der Waals surface area contributed by atoms with Gasteiger partial charge in [-0.25, -0.2) is 4.79 Å². The molecule has 0 aliphatic heterocycles. The summed E-state index contributed by atoms with van der Waals surface area (Å²) >= 11 is 0. The number of aliphatic hydroxyl groups is 1. The minimum Gasteiger partial charge on any atom is -0.457 e. The molecule has 0 bridgehead atoms. The average Bonchev–Trinajstić information content (AvgIpc) is 2.96. The summed E-state index contributed by atoms with van der Waals surface area (Å²) in [4.78, 5) is 11.8. The van der Waals surface area contributed by atoms with Crippen LogP contribution in [-0.2, 0) is 4.74 Å². The lowest BCUT2D eigenvalue weighted by molar-refractivity contribution is -0.00372. The molecule has 1 aliphatic rings. The molecule has 0 saturated carbocycles. The molecule has 1 aromatic heterocycles. The predicted octanol–water partition coefficient (Wildman–Crippen LogP) is 2.57. The molecule has 3 rings (SSSR count). The van der Waals surface area contributed by atoms with Gasteiger partial charge in [-0.2, -0.15) is 0 Å². The van der Waals surface area contributed by atoms with E-state index in [1.54, 1.807) is 12.1 Å². The standard InChI is InChI=1S/C15H12O4/c16-14-11-5-2-1-4-10(11)7-8-12(14)19-15(17)13-6-3-9-18-13/h1-9,12,14,16H/t12-,14-/m0/s1. The monoisotopic (exact) mass is 256 g/mol. The van der Waals surface area contributed by atoms with E-state index in [2.05, 4.69) is 0 Å². The van der Waals surface area contributed by atoms with Gasteiger partial charge in [0.15, 0.2) is 6.10 Å². The Labute approximate surface area is 109 Å². The number of carbonyl (C=O) groups is 1. The van der Waals surface area contributed by atoms with Crippen LogP contribution in [-0.4, -0.2) is 17.2 Å². The van der Waals surface area contributed by atoms with Gasteiger partial charge in [0.05, 0.1) is 6.26 Å². The van der Waals surface area contributed by atoms with Crippen LogP contribution in [0.3, 0.4) is 0 Å². The van der Waals surface area contributed by atoms with Crippen molar-refractivity contribution in [2.75, 3.05) is 0 Å². The molecule has 0 amide bonds. The number of benzene rings is 1. The molecule has 1 aromatic carbocycles. The zero-order chi connectivity index (χ0) is 13.2. The van der Waals surface area contributed by atoms with Crippen molar-refractivity contribution in [2.45, 2.75) is 12.2 Å². The van der Waals surface area contributed by atoms with Crippen LogP contribution in [0.15, 0.2) is 53.2 Å². The van der Waals surface area contributed by atoms with E-state index in [0.29, 0.717) is 0 Å². The second kappa shape index (κ2) is 4.74. The van der Waals surface area contributed by atoms with E-state index >= 15 is 0 Å². The maximum Gasteiger partial charge on any atom is 0.374 e. The number of hydrogen-bond donors (Lipinski definition) is 1. The number of hydrogen-bond acceptors (Lipinski definition) is 4. The van der Waals surface area contributed by atoms with Crippen molar-refractivity contribution >= 4 is 12.0 Å². The summed E-state index contributed by atoms with van der Waals surface area (Å²) in [5, 5.41) is 10.2. The van der Waals surface area contributed by atoms with E-state index in [0.717, 1.165) is 11.1 Å². The Bertz CT molecular complexity index is 613. The lowest BCUT2D eigenvalue weighted by atomic mass is 9.93. The topological polar surface area (TPSA) is 59.7 Å². The second-order valence-electron chi connectivity index (χ2n) is 4.28. The van der Waals surface area contributed by atoms with Gasteiger partial charge >= 0.3 is 5.97 Å². The summed E-state index contributed by atoms with van der Waals surface area (Å²) in [7, 11) is 0. The number of esters is 1. The van der Waals surface area contributed by atoms with Gasteiger partial charge < -0.3 is 14.3 Å². The quantitative estimate of drug-likeness (QED) is 0.839. The number of fused-ring (bicyclic) bond motifs is 1. The van der Waals surface area contributed by atoms with E-state index in [9.17, 15) is 9.90 Å². The van der Waals surface area contributed by atoms with Crippen LogP contribution in [0.2, 0.25) is 0 Å². The van der Waals surface area contributed by atoms with Crippen molar-refractivity contribution in [1.29, 1.82) is 0 Å². The van der Waals surface area contributed by atoms with Gasteiger partial charge in [-0.15, -0.1) is 0 Å². The van der Waals surface area contributed by atoms with Crippen LogP contribution in [0.1, 0.15) is 27.8 Å². The van der Waals surface area contributed by atoms with E-state index in [1.807, 2.05) is 30.3 Å². The van der Waals surface area contributed by atoms with Crippen molar-refractivity contribution < 1.29 is 19.1 Å². The highest BCUT2D eigenvalue weighted by Gasteiger charge is 2.28. The lowest BCUT2D eigenvalue weighted by Crippen LogP contribution is -2.26. The van der Waals surface area contributed by atoms with Crippen molar-refractivity contribution in [1.82, 2.24) is 0 Å². The maximum atomic E-state index is 11.8. The van der Waals surface area contributed by atoms with Crippen LogP contribution in [0.4, 0.5) is 0 Å². The Balaban J connectivity index is 1.80. The number of rotatable bonds is 2. The second-order valence-corrected chi connectivity index (χ2v) is 4.28. The van der Waals surface area contributed by atoms with Crippen molar-refractivity contribution in [3.05, 3.63) is 65.6 Å². The number of ether oxygens (including phenoxy) is 1. The Kier molecular flexibility index (Phi) is 2.93. The fourth-order valence-electron chi connectivity index (χ4n) is 2.09. The third kappa shape index (κ3) is 2.18. The molecule has 0 saturated heterocycles. The molecule has 2 atom stereocenters. The van der Waals surface area contributed by atoms with Gasteiger partial charge in [0.25, 0.3) is 0 Å². The fourth-order valence-corrected chi connectivity index (χ4v) is 2.09. The number of aliphatic hydroxyl groups excluding tert-OH is 1. The zero-order valence-corrected chi connectivity index (χ0v) is 10.0. The molecule has 96 valence electrons. The molecule has 1 aliphatic carbocycles. The summed E-state index contributed by atoms with van der Waals surface area (Å²) in [6, 6.07) is 10.6. The van der Waals surface area contributed by atoms with Crippen LogP contribution in [0.25, 0.3) is 6.08 Å². The van der Waals surface area contributed by atoms with Crippen molar-refractivity contribution in [2.24, 2.45) is 0 Å². The molecule has 2 aromatic rings. The first kappa shape index (κ1) is 11.7. The minimum atomic E-state index is -0.861. The van der Waals surface area contributed by atoms with Gasteiger partial charge in [-0.3, -0.25) is 0 Å². The van der Waals surface area contributed by atoms with Crippen LogP contribution < -0.4 is 0 Å². The largest absolute Gasteiger partial charge is 0.457 e. The van der Waals surface area contributed by atoms with E-state index in [1.165, 1.54) is 12.3 Å². The highest BCUT2D eigenvalue weighted by Crippen LogP contribution is 2.29. The SMILES string of the molecule is O=C(O[C@H]1C=Cc2ccccc2[C@@H]1O)c1ccco1. The molecular weight excluding hydrogens is 244 g/mol. The van der Waals surface area contributed by atoms with Crippen LogP contribution >= 0.6 is 0 Å². The van der Waals surface area contributed by atoms with Gasteiger partial charge in [-0.1, -0.05) is 30.3 Å². The summed E-state index contributed by atoms with van der Waals surface area (Å²) in [6.45, 7) is 0. The first-order valence-corrected chi connectivity index (χ1v) is 5.95. The Morgan fingerprint density at radius 2 is 2.05 bits per heavy atom. The summed E-state index contributed by atoms with van der Waals surface area (Å²) in [6.07, 6.45) is 3.35. The highest BCUT2D eigenvalue weighted by atomic mass is 16.6. The normalized spacial score (nSPS) is 20.9. The van der Waals surface area contributed by atoms with E-state index < -0.39 is 18.2 Å². The predicted molar refractivity (Wildman–Crippen MR) is 68.3 cm³/mol. The Morgan fingerprint density at radius 1 is 1.21 bits per heavy atom. The molecule has 0 fully saturated rings. The van der Waals surface area contributed by atoms with Gasteiger partial charge in [0, 0.05) is 0 Å². The molecule has 4 heteroatoms. The third-order valence-corrected chi connectivity index (χ3v) is 3.06. The number of carbonyl (C=O) groups excluding carboxylic acids is 1. The molecular formula is C15H12O4. The average molecular weight is 256 g/mol. The van der Waals surface area contributed by atoms with E-state index in [-0.39, 0.29) is 5.76 Å². The minimum absolute atomic E-state index is 0.124. The van der Waals surface area contributed by atoms with Crippen molar-refractivity contribution in [3.8, 4) is 0 Å². The van der Waals surface area contributed by atoms with Gasteiger partial charge in [0.1, 0.15) is 6.10 Å². The zero-order valence-electron chi connectivity index (χ0n) is 10.0. The lowest BCUT2D eigenvalue weighted by Gasteiger charge is -2.25. The summed E-state index contributed by atoms with van der Waals surface area (Å²) in [5.74, 6) is -0.461. The molecule has 0 radical (unpaired) electrons. The van der Waals surface area contributed by atoms with Gasteiger partial charge in [0.2, 0.25) is 5.76 Å². The molecule has 1 N–H and O–H groups in total. The highest BCUT2D eigenvalue weighted by molar-refractivity contribution is 5.86.